The van der Waals surface area contributed by atoms with Gasteiger partial charge in [-0.2, -0.15) is 0 Å². The molecule has 19 heavy (non-hydrogen) atoms. The second-order valence-electron chi connectivity index (χ2n) is 3.81. The van der Waals surface area contributed by atoms with Crippen LogP contribution in [0.1, 0.15) is 10.4 Å². The van der Waals surface area contributed by atoms with Gasteiger partial charge in [-0.15, -0.1) is 11.8 Å². The summed E-state index contributed by atoms with van der Waals surface area (Å²) in [6, 6.07) is 9.94. The second-order valence-corrected chi connectivity index (χ2v) is 4.69. The number of hydrogen-bond donors (Lipinski definition) is 1. The average molecular weight is 279 g/mol. The highest BCUT2D eigenvalue weighted by Crippen LogP contribution is 2.18. The molecule has 0 fully saturated rings. The van der Waals surface area contributed by atoms with Crippen molar-refractivity contribution in [1.29, 1.82) is 0 Å². The van der Waals surface area contributed by atoms with Crippen molar-refractivity contribution in [2.45, 2.75) is 4.90 Å². The highest BCUT2D eigenvalue weighted by atomic mass is 32.2. The van der Waals surface area contributed by atoms with E-state index in [-0.39, 0.29) is 5.69 Å². The standard InChI is InChI=1S/C14H11F2NOS/c1-19-11-5-2-9(3-6-11)14(18)17-13-7-4-10(15)8-12(13)16/h2-8H,1H3,(H,17,18). The van der Waals surface area contributed by atoms with E-state index in [9.17, 15) is 13.6 Å². The van der Waals surface area contributed by atoms with Crippen molar-refractivity contribution in [2.24, 2.45) is 0 Å². The lowest BCUT2D eigenvalue weighted by molar-refractivity contribution is 0.102. The Bertz CT molecular complexity index is 599. The smallest absolute Gasteiger partial charge is 0.255 e. The number of nitrogens with one attached hydrogen (secondary N) is 1. The molecule has 0 saturated carbocycles. The molecule has 0 radical (unpaired) electrons. The third-order valence-corrected chi connectivity index (χ3v) is 3.28. The minimum Gasteiger partial charge on any atom is -0.319 e. The first-order valence-corrected chi connectivity index (χ1v) is 6.73. The van der Waals surface area contributed by atoms with Crippen LogP contribution in [0.25, 0.3) is 0 Å². The number of rotatable bonds is 3. The highest BCUT2D eigenvalue weighted by Gasteiger charge is 2.09. The number of amides is 1. The fraction of sp³-hybridized carbons (Fsp3) is 0.0714. The molecule has 2 rings (SSSR count). The fourth-order valence-electron chi connectivity index (χ4n) is 1.53. The summed E-state index contributed by atoms with van der Waals surface area (Å²) in [5.41, 5.74) is 0.377. The van der Waals surface area contributed by atoms with Gasteiger partial charge < -0.3 is 5.32 Å². The number of benzene rings is 2. The minimum atomic E-state index is -0.797. The van der Waals surface area contributed by atoms with E-state index < -0.39 is 17.5 Å². The van der Waals surface area contributed by atoms with Crippen LogP contribution in [0.4, 0.5) is 14.5 Å². The predicted octanol–water partition coefficient (Wildman–Crippen LogP) is 3.94. The molecule has 0 aromatic heterocycles. The molecular weight excluding hydrogens is 268 g/mol. The summed E-state index contributed by atoms with van der Waals surface area (Å²) in [4.78, 5) is 12.9. The van der Waals surface area contributed by atoms with Crippen LogP contribution < -0.4 is 5.32 Å². The van der Waals surface area contributed by atoms with Gasteiger partial charge in [0, 0.05) is 16.5 Å². The number of carbonyl (C=O) groups is 1. The quantitative estimate of drug-likeness (QED) is 0.862. The Kier molecular flexibility index (Phi) is 4.16. The van der Waals surface area contributed by atoms with E-state index in [2.05, 4.69) is 5.32 Å². The topological polar surface area (TPSA) is 29.1 Å². The molecule has 98 valence electrons. The number of anilines is 1. The van der Waals surface area contributed by atoms with Gasteiger partial charge in [0.1, 0.15) is 11.6 Å². The zero-order valence-corrected chi connectivity index (χ0v) is 10.9. The molecule has 0 atom stereocenters. The third-order valence-electron chi connectivity index (χ3n) is 2.53. The van der Waals surface area contributed by atoms with Crippen molar-refractivity contribution >= 4 is 23.4 Å². The predicted molar refractivity (Wildman–Crippen MR) is 72.5 cm³/mol. The summed E-state index contributed by atoms with van der Waals surface area (Å²) >= 11 is 1.56. The molecule has 0 aliphatic heterocycles. The summed E-state index contributed by atoms with van der Waals surface area (Å²) in [6.07, 6.45) is 1.93. The summed E-state index contributed by atoms with van der Waals surface area (Å²) in [5.74, 6) is -1.91. The minimum absolute atomic E-state index is 0.0413. The summed E-state index contributed by atoms with van der Waals surface area (Å²) < 4.78 is 26.1. The maximum atomic E-state index is 13.4. The molecule has 2 aromatic carbocycles. The summed E-state index contributed by atoms with van der Waals surface area (Å²) in [5, 5.41) is 2.40. The Morgan fingerprint density at radius 3 is 2.37 bits per heavy atom. The number of hydrogen-bond acceptors (Lipinski definition) is 2. The molecule has 0 spiro atoms. The number of thioether (sulfide) groups is 1. The molecule has 0 saturated heterocycles. The lowest BCUT2D eigenvalue weighted by Crippen LogP contribution is -2.12. The Hall–Kier alpha value is -1.88. The molecule has 0 aliphatic rings. The zero-order valence-electron chi connectivity index (χ0n) is 10.1. The van der Waals surface area contributed by atoms with Gasteiger partial charge in [-0.05, 0) is 42.7 Å². The van der Waals surface area contributed by atoms with E-state index in [0.717, 1.165) is 17.0 Å². The van der Waals surface area contributed by atoms with Crippen LogP contribution in [0.15, 0.2) is 47.4 Å². The molecule has 0 heterocycles. The van der Waals surface area contributed by atoms with E-state index in [1.54, 1.807) is 36.0 Å². The van der Waals surface area contributed by atoms with Gasteiger partial charge in [0.2, 0.25) is 0 Å². The summed E-state index contributed by atoms with van der Waals surface area (Å²) in [6.45, 7) is 0. The number of carbonyl (C=O) groups excluding carboxylic acids is 1. The Morgan fingerprint density at radius 2 is 1.79 bits per heavy atom. The molecule has 0 aliphatic carbocycles. The van der Waals surface area contributed by atoms with Gasteiger partial charge in [-0.1, -0.05) is 0 Å². The van der Waals surface area contributed by atoms with Crippen molar-refractivity contribution in [2.75, 3.05) is 11.6 Å². The van der Waals surface area contributed by atoms with Gasteiger partial charge in [-0.3, -0.25) is 4.79 Å². The van der Waals surface area contributed by atoms with E-state index >= 15 is 0 Å². The van der Waals surface area contributed by atoms with Crippen LogP contribution >= 0.6 is 11.8 Å². The molecule has 0 unspecified atom stereocenters. The van der Waals surface area contributed by atoms with Gasteiger partial charge in [0.25, 0.3) is 5.91 Å². The van der Waals surface area contributed by atoms with E-state index in [1.165, 1.54) is 6.07 Å². The van der Waals surface area contributed by atoms with Gasteiger partial charge in [0.15, 0.2) is 0 Å². The molecule has 1 N–H and O–H groups in total. The van der Waals surface area contributed by atoms with Crippen LogP contribution in [-0.2, 0) is 0 Å². The van der Waals surface area contributed by atoms with E-state index in [4.69, 9.17) is 0 Å². The van der Waals surface area contributed by atoms with Crippen LogP contribution in [-0.4, -0.2) is 12.2 Å². The van der Waals surface area contributed by atoms with E-state index in [1.807, 2.05) is 6.26 Å². The monoisotopic (exact) mass is 279 g/mol. The Morgan fingerprint density at radius 1 is 1.11 bits per heavy atom. The van der Waals surface area contributed by atoms with Crippen molar-refractivity contribution in [3.63, 3.8) is 0 Å². The second kappa shape index (κ2) is 5.84. The van der Waals surface area contributed by atoms with Crippen LogP contribution in [0.2, 0.25) is 0 Å². The van der Waals surface area contributed by atoms with Crippen LogP contribution in [0.3, 0.4) is 0 Å². The van der Waals surface area contributed by atoms with Gasteiger partial charge in [-0.25, -0.2) is 8.78 Å². The molecule has 1 amide bonds. The molecule has 5 heteroatoms. The normalized spacial score (nSPS) is 10.3. The van der Waals surface area contributed by atoms with Crippen LogP contribution in [0, 0.1) is 11.6 Å². The molecular formula is C14H11F2NOS. The SMILES string of the molecule is CSc1ccc(C(=O)Nc2ccc(F)cc2F)cc1. The van der Waals surface area contributed by atoms with Gasteiger partial charge in [0.05, 0.1) is 5.69 Å². The highest BCUT2D eigenvalue weighted by molar-refractivity contribution is 7.98. The Balaban J connectivity index is 2.15. The third kappa shape index (κ3) is 3.32. The maximum Gasteiger partial charge on any atom is 0.255 e. The lowest BCUT2D eigenvalue weighted by Gasteiger charge is -2.06. The molecule has 0 bridgehead atoms. The average Bonchev–Trinajstić information content (AvgIpc) is 2.42. The van der Waals surface area contributed by atoms with Crippen LogP contribution in [0.5, 0.6) is 0 Å². The fourth-order valence-corrected chi connectivity index (χ4v) is 1.94. The first-order chi connectivity index (χ1) is 9.10. The lowest BCUT2D eigenvalue weighted by atomic mass is 10.2. The molecule has 2 aromatic rings. The number of halogens is 2. The summed E-state index contributed by atoms with van der Waals surface area (Å²) in [7, 11) is 0. The van der Waals surface area contributed by atoms with Crippen molar-refractivity contribution in [3.05, 3.63) is 59.7 Å². The van der Waals surface area contributed by atoms with Crippen molar-refractivity contribution in [1.82, 2.24) is 0 Å². The first-order valence-electron chi connectivity index (χ1n) is 5.50. The zero-order chi connectivity index (χ0) is 13.8. The molecule has 2 nitrogen and oxygen atoms in total. The van der Waals surface area contributed by atoms with Crippen molar-refractivity contribution in [3.8, 4) is 0 Å². The maximum absolute atomic E-state index is 13.4. The Labute approximate surface area is 113 Å². The van der Waals surface area contributed by atoms with E-state index in [0.29, 0.717) is 5.56 Å². The largest absolute Gasteiger partial charge is 0.319 e. The van der Waals surface area contributed by atoms with Crippen molar-refractivity contribution < 1.29 is 13.6 Å². The van der Waals surface area contributed by atoms with Gasteiger partial charge >= 0.3 is 0 Å². The first kappa shape index (κ1) is 13.5.